The zero-order valence-electron chi connectivity index (χ0n) is 19.9. The molecule has 1 aliphatic rings. The third-order valence-electron chi connectivity index (χ3n) is 5.59. The largest absolute Gasteiger partial charge is 0.461 e. The van der Waals surface area contributed by atoms with Crippen LogP contribution < -0.4 is 9.46 Å². The fourth-order valence-corrected chi connectivity index (χ4v) is 5.21. The van der Waals surface area contributed by atoms with Gasteiger partial charge in [-0.05, 0) is 75.6 Å². The van der Waals surface area contributed by atoms with Gasteiger partial charge in [0, 0.05) is 5.54 Å². The normalized spacial score (nSPS) is 28.0. The van der Waals surface area contributed by atoms with Crippen LogP contribution in [-0.4, -0.2) is 71.2 Å². The molecule has 1 aliphatic heterocycles. The highest BCUT2D eigenvalue weighted by Crippen LogP contribution is 2.34. The second kappa shape index (κ2) is 9.54. The van der Waals surface area contributed by atoms with Crippen LogP contribution in [0.1, 0.15) is 33.3 Å². The third kappa shape index (κ3) is 5.60. The van der Waals surface area contributed by atoms with Gasteiger partial charge in [0.25, 0.3) is 0 Å². The minimum absolute atomic E-state index is 0.146. The molecule has 0 spiro atoms. The van der Waals surface area contributed by atoms with Gasteiger partial charge in [-0.25, -0.2) is 13.1 Å². The van der Waals surface area contributed by atoms with Crippen molar-refractivity contribution in [1.29, 1.82) is 0 Å². The van der Waals surface area contributed by atoms with Gasteiger partial charge in [0.05, 0.1) is 11.5 Å². The van der Waals surface area contributed by atoms with E-state index in [1.54, 1.807) is 64.1 Å². The lowest BCUT2D eigenvalue weighted by Crippen LogP contribution is -2.66. The summed E-state index contributed by atoms with van der Waals surface area (Å²) in [6.45, 7) is 7.80. The van der Waals surface area contributed by atoms with E-state index >= 15 is 0 Å². The Balaban J connectivity index is 1.86. The lowest BCUT2D eigenvalue weighted by atomic mass is 9.88. The molecule has 34 heavy (non-hydrogen) atoms. The van der Waals surface area contributed by atoms with Crippen molar-refractivity contribution in [2.75, 3.05) is 6.61 Å². The van der Waals surface area contributed by atoms with Crippen LogP contribution in [0.15, 0.2) is 47.4 Å². The highest BCUT2D eigenvalue weighted by molar-refractivity contribution is 7.89. The van der Waals surface area contributed by atoms with Gasteiger partial charge >= 0.3 is 0 Å². The van der Waals surface area contributed by atoms with Crippen molar-refractivity contribution in [3.05, 3.63) is 48.0 Å². The van der Waals surface area contributed by atoms with E-state index < -0.39 is 52.4 Å². The Bertz CT molecular complexity index is 1130. The number of aryl methyl sites for hydroxylation is 1. The number of hydrogen-bond donors (Lipinski definition) is 5. The molecule has 0 aromatic heterocycles. The predicted octanol–water partition coefficient (Wildman–Crippen LogP) is 1.31. The number of aliphatic hydroxyl groups is 4. The molecule has 188 valence electrons. The van der Waals surface area contributed by atoms with Crippen molar-refractivity contribution in [1.82, 2.24) is 4.72 Å². The van der Waals surface area contributed by atoms with E-state index in [0.717, 1.165) is 5.56 Å². The standard InChI is InChI=1S/C24H33NO8S/c1-14-11-16(15-7-6-8-17(12-15)34(30,31)25-23(2,3)4)9-10-18(14)32-22-24(5,29)21(28)20(27)19(13-26)33-22/h6-12,19-22,25-29H,13H2,1-5H3/t19-,20-,21+,22+,24+/m1/s1. The lowest BCUT2D eigenvalue weighted by molar-refractivity contribution is -0.314. The molecular weight excluding hydrogens is 462 g/mol. The summed E-state index contributed by atoms with van der Waals surface area (Å²) in [7, 11) is -3.70. The summed E-state index contributed by atoms with van der Waals surface area (Å²) in [5, 5.41) is 40.3. The summed E-state index contributed by atoms with van der Waals surface area (Å²) in [6, 6.07) is 11.8. The number of ether oxygens (including phenoxy) is 2. The molecular formula is C24H33NO8S. The van der Waals surface area contributed by atoms with Gasteiger partial charge in [-0.1, -0.05) is 18.2 Å². The maximum absolute atomic E-state index is 12.7. The zero-order valence-corrected chi connectivity index (χ0v) is 20.7. The fraction of sp³-hybridized carbons (Fsp3) is 0.500. The van der Waals surface area contributed by atoms with E-state index in [2.05, 4.69) is 4.72 Å². The van der Waals surface area contributed by atoms with Crippen LogP contribution >= 0.6 is 0 Å². The summed E-state index contributed by atoms with van der Waals surface area (Å²) in [5.74, 6) is 0.354. The lowest BCUT2D eigenvalue weighted by Gasteiger charge is -2.45. The van der Waals surface area contributed by atoms with Gasteiger partial charge in [0.2, 0.25) is 16.3 Å². The molecule has 0 bridgehead atoms. The van der Waals surface area contributed by atoms with Crippen LogP contribution in [0.4, 0.5) is 0 Å². The maximum Gasteiger partial charge on any atom is 0.241 e. The van der Waals surface area contributed by atoms with Gasteiger partial charge in [0.15, 0.2) is 5.60 Å². The van der Waals surface area contributed by atoms with Crippen LogP contribution in [0, 0.1) is 6.92 Å². The molecule has 5 atom stereocenters. The predicted molar refractivity (Wildman–Crippen MR) is 126 cm³/mol. The first kappa shape index (κ1) is 26.6. The molecule has 3 rings (SSSR count). The number of hydrogen-bond acceptors (Lipinski definition) is 8. The topological polar surface area (TPSA) is 146 Å². The molecule has 1 heterocycles. The molecule has 2 aromatic rings. The molecule has 0 saturated carbocycles. The molecule has 0 amide bonds. The molecule has 1 fully saturated rings. The van der Waals surface area contributed by atoms with Crippen molar-refractivity contribution >= 4 is 10.0 Å². The summed E-state index contributed by atoms with van der Waals surface area (Å²) in [5.41, 5.74) is -0.451. The van der Waals surface area contributed by atoms with Crippen LogP contribution in [0.25, 0.3) is 11.1 Å². The van der Waals surface area contributed by atoms with Crippen LogP contribution in [0.3, 0.4) is 0 Å². The number of rotatable bonds is 6. The average Bonchev–Trinajstić information content (AvgIpc) is 2.74. The van der Waals surface area contributed by atoms with E-state index in [0.29, 0.717) is 16.9 Å². The molecule has 0 aliphatic carbocycles. The Morgan fingerprint density at radius 2 is 1.76 bits per heavy atom. The van der Waals surface area contributed by atoms with E-state index in [1.165, 1.54) is 13.0 Å². The first-order valence-electron chi connectivity index (χ1n) is 10.9. The SMILES string of the molecule is Cc1cc(-c2cccc(S(=O)(=O)NC(C)(C)C)c2)ccc1O[C@H]1O[C@H](CO)[C@@H](O)[C@H](O)[C@]1(C)O. The number of nitrogens with one attached hydrogen (secondary N) is 1. The number of sulfonamides is 1. The second-order valence-corrected chi connectivity index (χ2v) is 11.5. The van der Waals surface area contributed by atoms with E-state index in [-0.39, 0.29) is 4.90 Å². The highest BCUT2D eigenvalue weighted by Gasteiger charge is 2.53. The Morgan fingerprint density at radius 3 is 2.35 bits per heavy atom. The van der Waals surface area contributed by atoms with Crippen molar-refractivity contribution in [3.8, 4) is 16.9 Å². The van der Waals surface area contributed by atoms with Crippen molar-refractivity contribution < 1.29 is 38.3 Å². The van der Waals surface area contributed by atoms with Crippen LogP contribution in [0.2, 0.25) is 0 Å². The van der Waals surface area contributed by atoms with E-state index in [9.17, 15) is 28.8 Å². The van der Waals surface area contributed by atoms with Crippen molar-refractivity contribution in [3.63, 3.8) is 0 Å². The van der Waals surface area contributed by atoms with Gasteiger partial charge in [0.1, 0.15) is 24.1 Å². The van der Waals surface area contributed by atoms with Gasteiger partial charge in [-0.3, -0.25) is 0 Å². The van der Waals surface area contributed by atoms with Gasteiger partial charge in [-0.2, -0.15) is 0 Å². The van der Waals surface area contributed by atoms with Gasteiger partial charge in [-0.15, -0.1) is 0 Å². The smallest absolute Gasteiger partial charge is 0.241 e. The Morgan fingerprint density at radius 1 is 1.12 bits per heavy atom. The minimum Gasteiger partial charge on any atom is -0.461 e. The molecule has 2 aromatic carbocycles. The van der Waals surface area contributed by atoms with E-state index in [1.807, 2.05) is 0 Å². The quantitative estimate of drug-likeness (QED) is 0.403. The monoisotopic (exact) mass is 495 g/mol. The zero-order chi connectivity index (χ0) is 25.5. The molecule has 10 heteroatoms. The first-order chi connectivity index (χ1) is 15.7. The Kier molecular flexibility index (Phi) is 7.45. The minimum atomic E-state index is -3.70. The van der Waals surface area contributed by atoms with Crippen molar-refractivity contribution in [2.24, 2.45) is 0 Å². The summed E-state index contributed by atoms with van der Waals surface area (Å²) >= 11 is 0. The molecule has 5 N–H and O–H groups in total. The maximum atomic E-state index is 12.7. The third-order valence-corrected chi connectivity index (χ3v) is 7.34. The molecule has 0 unspecified atom stereocenters. The van der Waals surface area contributed by atoms with Crippen molar-refractivity contribution in [2.45, 2.75) is 75.3 Å². The van der Waals surface area contributed by atoms with E-state index in [4.69, 9.17) is 9.47 Å². The Labute approximate surface area is 200 Å². The van der Waals surface area contributed by atoms with Gasteiger partial charge < -0.3 is 29.9 Å². The molecule has 9 nitrogen and oxygen atoms in total. The second-order valence-electron chi connectivity index (χ2n) is 9.83. The highest BCUT2D eigenvalue weighted by atomic mass is 32.2. The average molecular weight is 496 g/mol. The first-order valence-corrected chi connectivity index (χ1v) is 12.4. The molecule has 0 radical (unpaired) electrons. The summed E-state index contributed by atoms with van der Waals surface area (Å²) in [4.78, 5) is 0.146. The summed E-state index contributed by atoms with van der Waals surface area (Å²) in [6.07, 6.45) is -5.52. The van der Waals surface area contributed by atoms with Crippen LogP contribution in [-0.2, 0) is 14.8 Å². The summed E-state index contributed by atoms with van der Waals surface area (Å²) < 4.78 is 39.4. The van der Waals surface area contributed by atoms with Crippen LogP contribution in [0.5, 0.6) is 5.75 Å². The number of aliphatic hydroxyl groups excluding tert-OH is 3. The number of benzene rings is 2. The Hall–Kier alpha value is -2.05. The molecule has 1 saturated heterocycles. The fourth-order valence-electron chi connectivity index (χ4n) is 3.74.